The highest BCUT2D eigenvalue weighted by Gasteiger charge is 2.87. The number of cyclic esters (lactones) is 1. The van der Waals surface area contributed by atoms with Crippen molar-refractivity contribution in [1.82, 2.24) is 0 Å². The van der Waals surface area contributed by atoms with Crippen LogP contribution in [-0.4, -0.2) is 142 Å². The number of esters is 3. The quantitative estimate of drug-likeness (QED) is 0.108. The van der Waals surface area contributed by atoms with Crippen molar-refractivity contribution in [3.05, 3.63) is 58.9 Å². The summed E-state index contributed by atoms with van der Waals surface area (Å²) in [5.74, 6) is -2.35. The molecular weight excluding hydrogens is 1000 g/mol. The molecule has 17 nitrogen and oxygen atoms in total. The molecule has 8 fully saturated rings. The highest BCUT2D eigenvalue weighted by atomic mass is 16.7. The van der Waals surface area contributed by atoms with Crippen molar-refractivity contribution < 1.29 is 83.0 Å². The SMILES string of the molecule is C=C1OC([C@](C)(O)[C@]2(O)CC[C@@]3(O)C4C[C@H]5O[C@]56[C@H](OC(C)=O)C=CC(=O)[C@]6(C)C4CC[C@]23C)CC(C)=C1C.CC(=O)O[C@H]1C=CC(=O)[C@]2(C)C3CC[C@]4(C)[C@](O)([C@@](C)(O)C5CC(C)=C(C)C(=O)O5)CC[C@@]4(O)C3C[C@H]3O[C@]132. The van der Waals surface area contributed by atoms with Gasteiger partial charge in [0, 0.05) is 43.1 Å². The van der Waals surface area contributed by atoms with Crippen LogP contribution in [0.5, 0.6) is 0 Å². The third-order valence-corrected chi connectivity index (χ3v) is 24.9. The largest absolute Gasteiger partial charge is 0.487 e. The van der Waals surface area contributed by atoms with E-state index in [1.807, 2.05) is 48.5 Å². The van der Waals surface area contributed by atoms with Gasteiger partial charge < -0.3 is 59.1 Å². The first-order valence-corrected chi connectivity index (χ1v) is 28.4. The monoisotopic (exact) mass is 1090 g/mol. The van der Waals surface area contributed by atoms with E-state index in [-0.39, 0.29) is 61.1 Å². The second-order valence-corrected chi connectivity index (χ2v) is 27.4. The molecule has 0 bridgehead atoms. The summed E-state index contributed by atoms with van der Waals surface area (Å²) in [4.78, 5) is 63.5. The topological polar surface area (TPSA) is 269 Å². The lowest BCUT2D eigenvalue weighted by atomic mass is 9.42. The average molecular weight is 1090 g/mol. The Morgan fingerprint density at radius 3 is 1.36 bits per heavy atom. The maximum atomic E-state index is 13.6. The minimum absolute atomic E-state index is 0.0812. The molecule has 78 heavy (non-hydrogen) atoms. The summed E-state index contributed by atoms with van der Waals surface area (Å²) in [5, 5.41) is 74.2. The van der Waals surface area contributed by atoms with E-state index >= 15 is 0 Å². The molecule has 4 heterocycles. The first-order chi connectivity index (χ1) is 36.0. The van der Waals surface area contributed by atoms with Crippen LogP contribution in [0.3, 0.4) is 0 Å². The van der Waals surface area contributed by atoms with Crippen molar-refractivity contribution in [2.75, 3.05) is 0 Å². The van der Waals surface area contributed by atoms with Gasteiger partial charge in [-0.05, 0) is 173 Å². The van der Waals surface area contributed by atoms with E-state index in [4.69, 9.17) is 28.4 Å². The molecule has 0 aromatic rings. The van der Waals surface area contributed by atoms with Crippen LogP contribution in [0.25, 0.3) is 0 Å². The summed E-state index contributed by atoms with van der Waals surface area (Å²) >= 11 is 0. The zero-order chi connectivity index (χ0) is 57.1. The summed E-state index contributed by atoms with van der Waals surface area (Å²) in [7, 11) is 0. The predicted molar refractivity (Wildman–Crippen MR) is 278 cm³/mol. The molecule has 17 heteroatoms. The molecule has 2 spiro atoms. The maximum Gasteiger partial charge on any atom is 0.334 e. The van der Waals surface area contributed by atoms with Gasteiger partial charge in [-0.1, -0.05) is 31.6 Å². The number of ketones is 2. The number of allylic oxidation sites excluding steroid dienone is 3. The lowest BCUT2D eigenvalue weighted by Gasteiger charge is -2.63. The number of epoxide rings is 2. The van der Waals surface area contributed by atoms with Gasteiger partial charge in [0.25, 0.3) is 0 Å². The van der Waals surface area contributed by atoms with Gasteiger partial charge in [-0.2, -0.15) is 0 Å². The first kappa shape index (κ1) is 55.8. The van der Waals surface area contributed by atoms with Crippen LogP contribution in [0.15, 0.2) is 58.9 Å². The van der Waals surface area contributed by atoms with E-state index < -0.39 is 121 Å². The van der Waals surface area contributed by atoms with Crippen molar-refractivity contribution >= 4 is 29.5 Å². The molecule has 0 radical (unpaired) electrons. The average Bonchev–Trinajstić information content (AvgIpc) is 2.03. The molecule has 12 rings (SSSR count). The number of aliphatic hydroxyl groups is 6. The Bertz CT molecular complexity index is 2660. The molecule has 8 aliphatic carbocycles. The summed E-state index contributed by atoms with van der Waals surface area (Å²) in [6.07, 6.45) is 6.75. The first-order valence-electron chi connectivity index (χ1n) is 28.4. The Balaban J connectivity index is 0.000000165. The third-order valence-electron chi connectivity index (χ3n) is 24.9. The fourth-order valence-corrected chi connectivity index (χ4v) is 19.5. The summed E-state index contributed by atoms with van der Waals surface area (Å²) in [5.41, 5.74) is -12.5. The van der Waals surface area contributed by atoms with Gasteiger partial charge in [0.1, 0.15) is 51.6 Å². The van der Waals surface area contributed by atoms with E-state index in [0.717, 1.165) is 16.7 Å². The minimum atomic E-state index is -1.83. The van der Waals surface area contributed by atoms with Gasteiger partial charge in [0.15, 0.2) is 23.8 Å². The molecule has 428 valence electrons. The number of carbonyl (C=O) groups excluding carboxylic acids is 5. The van der Waals surface area contributed by atoms with Crippen LogP contribution in [-0.2, 0) is 52.4 Å². The van der Waals surface area contributed by atoms with Crippen LogP contribution in [0.1, 0.15) is 160 Å². The molecule has 0 amide bonds. The zero-order valence-corrected chi connectivity index (χ0v) is 47.4. The van der Waals surface area contributed by atoms with Gasteiger partial charge in [-0.25, -0.2) is 4.79 Å². The number of hydrogen-bond donors (Lipinski definition) is 6. The van der Waals surface area contributed by atoms with Gasteiger partial charge >= 0.3 is 17.9 Å². The smallest absolute Gasteiger partial charge is 0.334 e. The van der Waals surface area contributed by atoms with Crippen LogP contribution in [0.2, 0.25) is 0 Å². The van der Waals surface area contributed by atoms with Crippen LogP contribution in [0.4, 0.5) is 0 Å². The van der Waals surface area contributed by atoms with Crippen LogP contribution < -0.4 is 0 Å². The molecule has 22 atom stereocenters. The highest BCUT2D eigenvalue weighted by molar-refractivity contribution is 5.99. The molecule has 0 aromatic carbocycles. The second-order valence-electron chi connectivity index (χ2n) is 27.4. The maximum absolute atomic E-state index is 13.6. The van der Waals surface area contributed by atoms with Crippen molar-refractivity contribution in [3.63, 3.8) is 0 Å². The zero-order valence-electron chi connectivity index (χ0n) is 47.4. The number of hydrogen-bond acceptors (Lipinski definition) is 17. The molecule has 2 saturated heterocycles. The Kier molecular flexibility index (Phi) is 12.0. The predicted octanol–water partition coefficient (Wildman–Crippen LogP) is 5.58. The molecular formula is C61H82O17. The van der Waals surface area contributed by atoms with E-state index in [2.05, 4.69) is 6.58 Å². The molecule has 6 saturated carbocycles. The highest BCUT2D eigenvalue weighted by Crippen LogP contribution is 2.77. The van der Waals surface area contributed by atoms with E-state index in [1.165, 1.54) is 32.9 Å². The van der Waals surface area contributed by atoms with E-state index in [9.17, 15) is 54.6 Å². The minimum Gasteiger partial charge on any atom is -0.487 e. The Hall–Kier alpha value is -4.07. The summed E-state index contributed by atoms with van der Waals surface area (Å²) < 4.78 is 35.6. The fourth-order valence-electron chi connectivity index (χ4n) is 19.5. The van der Waals surface area contributed by atoms with Gasteiger partial charge in [0.2, 0.25) is 0 Å². The summed E-state index contributed by atoms with van der Waals surface area (Å²) in [6, 6.07) is 0. The Morgan fingerprint density at radius 1 is 0.603 bits per heavy atom. The molecule has 0 aromatic heterocycles. The molecule has 6 N–H and O–H groups in total. The summed E-state index contributed by atoms with van der Waals surface area (Å²) in [6.45, 7) is 24.7. The lowest BCUT2D eigenvalue weighted by molar-refractivity contribution is -0.283. The third kappa shape index (κ3) is 6.39. The van der Waals surface area contributed by atoms with E-state index in [0.29, 0.717) is 62.7 Å². The second kappa shape index (κ2) is 16.8. The molecule has 4 aliphatic heterocycles. The number of fused-ring (bicyclic) bond motifs is 8. The Morgan fingerprint density at radius 2 is 0.987 bits per heavy atom. The molecule has 6 unspecified atom stereocenters. The van der Waals surface area contributed by atoms with Crippen molar-refractivity contribution in [1.29, 1.82) is 0 Å². The number of ether oxygens (including phenoxy) is 6. The standard InChI is InChI=1S/C31H42O8.C30H40O9/c1-16-14-24(37-18(3)17(16)2)28(7,34)30(36)13-12-29(35)21-15-25-31(39-25)23(38-19(4)32)9-8-22(33)27(31,6)20(21)10-11-26(29,30)5;1-15-13-22(38-24(33)16(15)2)27(6,34)29(36)12-11-28(35)19-14-23-30(39-23)21(37-17(3)31)8-7-20(32)26(30,5)18(19)9-10-25(28,29)4/h8-9,20-21,23-25,34-36H,3,10-15H2,1-2,4-7H3;7-8,18-19,21-23,34-36H,9-14H2,1-6H3/t20?,21?,23-,24?,25-,26+,27+,28+,29-,30+,31-;18?,19?,21-,22?,23+,25-,26-,27-,28+,29-,30+/m10/s1. The van der Waals surface area contributed by atoms with Crippen LogP contribution in [0, 0.1) is 45.3 Å². The number of carbonyl (C=O) groups is 5. The van der Waals surface area contributed by atoms with Crippen molar-refractivity contribution in [2.45, 2.75) is 242 Å². The van der Waals surface area contributed by atoms with Gasteiger partial charge in [0.05, 0.1) is 34.2 Å². The van der Waals surface area contributed by atoms with Crippen LogP contribution >= 0.6 is 0 Å². The van der Waals surface area contributed by atoms with Gasteiger partial charge in [-0.15, -0.1) is 0 Å². The van der Waals surface area contributed by atoms with Crippen molar-refractivity contribution in [3.8, 4) is 0 Å². The normalized spacial score (nSPS) is 51.7. The van der Waals surface area contributed by atoms with Crippen molar-refractivity contribution in [2.24, 2.45) is 45.3 Å². The fraction of sp³-hybridized carbons (Fsp3) is 0.754. The van der Waals surface area contributed by atoms with E-state index in [1.54, 1.807) is 26.0 Å². The number of rotatable bonds is 6. The van der Waals surface area contributed by atoms with Gasteiger partial charge in [-0.3, -0.25) is 19.2 Å². The Labute approximate surface area is 456 Å². The molecule has 12 aliphatic rings. The lowest BCUT2D eigenvalue weighted by Crippen LogP contribution is -2.73.